The third-order valence-corrected chi connectivity index (χ3v) is 7.02. The largest absolute Gasteiger partial charge is 0.324 e. The van der Waals surface area contributed by atoms with E-state index in [1.54, 1.807) is 6.07 Å². The Kier molecular flexibility index (Phi) is 3.36. The number of nitrogens with one attached hydrogen (secondary N) is 1. The molecule has 1 aromatic rings. The second kappa shape index (κ2) is 5.38. The number of benzene rings is 1. The molecule has 0 bridgehead atoms. The van der Waals surface area contributed by atoms with Gasteiger partial charge in [0.15, 0.2) is 0 Å². The number of fused-ring (bicyclic) bond motifs is 7. The quantitative estimate of drug-likeness (QED) is 0.806. The molecule has 142 valence electrons. The molecule has 5 rings (SSSR count). The molecule has 0 saturated carbocycles. The number of amides is 3. The van der Waals surface area contributed by atoms with Crippen LogP contribution in [0.5, 0.6) is 0 Å². The summed E-state index contributed by atoms with van der Waals surface area (Å²) < 4.78 is 14.1. The molecule has 1 aromatic carbocycles. The zero-order chi connectivity index (χ0) is 19.1. The molecule has 3 fully saturated rings. The van der Waals surface area contributed by atoms with Crippen molar-refractivity contribution in [1.29, 1.82) is 0 Å². The van der Waals surface area contributed by atoms with Gasteiger partial charge in [0.1, 0.15) is 11.4 Å². The van der Waals surface area contributed by atoms with E-state index in [-0.39, 0.29) is 29.8 Å². The van der Waals surface area contributed by atoms with Gasteiger partial charge in [-0.05, 0) is 50.9 Å². The van der Waals surface area contributed by atoms with Crippen molar-refractivity contribution in [3.05, 3.63) is 29.6 Å². The SMILES string of the molecule is CC[C@H](C)N1C(=O)[C@@H]2[C@H]3CCCN3[C@]3(C(=O)Nc4ccc(F)cc43)[C@@H]2C1=O. The highest BCUT2D eigenvalue weighted by Crippen LogP contribution is 2.60. The lowest BCUT2D eigenvalue weighted by Gasteiger charge is -2.37. The zero-order valence-electron chi connectivity index (χ0n) is 15.4. The number of hydrogen-bond donors (Lipinski definition) is 1. The fourth-order valence-corrected chi connectivity index (χ4v) is 5.81. The summed E-state index contributed by atoms with van der Waals surface area (Å²) in [6.07, 6.45) is 2.29. The van der Waals surface area contributed by atoms with Gasteiger partial charge in [0.05, 0.1) is 11.8 Å². The zero-order valence-corrected chi connectivity index (χ0v) is 15.4. The maximum atomic E-state index is 14.1. The molecule has 4 heterocycles. The maximum absolute atomic E-state index is 14.1. The van der Waals surface area contributed by atoms with E-state index in [2.05, 4.69) is 5.32 Å². The van der Waals surface area contributed by atoms with Gasteiger partial charge in [0, 0.05) is 23.3 Å². The third-order valence-electron chi connectivity index (χ3n) is 7.02. The summed E-state index contributed by atoms with van der Waals surface area (Å²) >= 11 is 0. The summed E-state index contributed by atoms with van der Waals surface area (Å²) in [5.41, 5.74) is -0.243. The number of likely N-dealkylation sites (tertiary alicyclic amines) is 1. The Bertz CT molecular complexity index is 887. The van der Waals surface area contributed by atoms with Crippen LogP contribution in [0, 0.1) is 17.7 Å². The van der Waals surface area contributed by atoms with Crippen molar-refractivity contribution in [2.45, 2.75) is 50.7 Å². The Labute approximate surface area is 156 Å². The number of rotatable bonds is 2. The van der Waals surface area contributed by atoms with Crippen molar-refractivity contribution in [1.82, 2.24) is 9.80 Å². The van der Waals surface area contributed by atoms with Crippen LogP contribution in [0.25, 0.3) is 0 Å². The molecule has 5 atom stereocenters. The van der Waals surface area contributed by atoms with E-state index in [0.29, 0.717) is 24.2 Å². The number of imide groups is 1. The summed E-state index contributed by atoms with van der Waals surface area (Å²) in [7, 11) is 0. The minimum absolute atomic E-state index is 0.152. The first-order valence-electron chi connectivity index (χ1n) is 9.68. The van der Waals surface area contributed by atoms with Crippen molar-refractivity contribution in [2.24, 2.45) is 11.8 Å². The molecule has 3 saturated heterocycles. The summed E-state index contributed by atoms with van der Waals surface area (Å²) in [5.74, 6) is -2.54. The number of nitrogens with zero attached hydrogens (tertiary/aromatic N) is 2. The molecule has 1 N–H and O–H groups in total. The van der Waals surface area contributed by atoms with Gasteiger partial charge < -0.3 is 5.32 Å². The van der Waals surface area contributed by atoms with Crippen LogP contribution in [0.15, 0.2) is 18.2 Å². The molecule has 7 heteroatoms. The van der Waals surface area contributed by atoms with Gasteiger partial charge in [-0.3, -0.25) is 24.2 Å². The molecule has 4 aliphatic rings. The predicted molar refractivity (Wildman–Crippen MR) is 95.0 cm³/mol. The predicted octanol–water partition coefficient (Wildman–Crippen LogP) is 1.85. The summed E-state index contributed by atoms with van der Waals surface area (Å²) in [5, 5.41) is 2.85. The minimum atomic E-state index is -1.28. The average molecular weight is 371 g/mol. The van der Waals surface area contributed by atoms with Gasteiger partial charge in [-0.2, -0.15) is 0 Å². The first-order chi connectivity index (χ1) is 12.9. The van der Waals surface area contributed by atoms with Gasteiger partial charge >= 0.3 is 0 Å². The lowest BCUT2D eigenvalue weighted by atomic mass is 9.75. The van der Waals surface area contributed by atoms with Crippen LogP contribution >= 0.6 is 0 Å². The number of carbonyl (C=O) groups excluding carboxylic acids is 3. The lowest BCUT2D eigenvalue weighted by Crippen LogP contribution is -2.54. The summed E-state index contributed by atoms with van der Waals surface area (Å²) in [6.45, 7) is 4.42. The Balaban J connectivity index is 1.74. The smallest absolute Gasteiger partial charge is 0.250 e. The first-order valence-corrected chi connectivity index (χ1v) is 9.68. The van der Waals surface area contributed by atoms with Crippen LogP contribution in [-0.4, -0.2) is 46.1 Å². The molecule has 1 spiro atoms. The van der Waals surface area contributed by atoms with Crippen LogP contribution in [0.3, 0.4) is 0 Å². The van der Waals surface area contributed by atoms with Crippen molar-refractivity contribution in [3.8, 4) is 0 Å². The number of anilines is 1. The molecular weight excluding hydrogens is 349 g/mol. The van der Waals surface area contributed by atoms with Crippen LogP contribution in [-0.2, 0) is 19.9 Å². The van der Waals surface area contributed by atoms with Crippen molar-refractivity contribution >= 4 is 23.4 Å². The Morgan fingerprint density at radius 3 is 2.81 bits per heavy atom. The van der Waals surface area contributed by atoms with E-state index in [1.165, 1.54) is 17.0 Å². The fraction of sp³-hybridized carbons (Fsp3) is 0.550. The van der Waals surface area contributed by atoms with E-state index in [1.807, 2.05) is 18.7 Å². The summed E-state index contributed by atoms with van der Waals surface area (Å²) in [6, 6.07) is 3.84. The van der Waals surface area contributed by atoms with E-state index in [4.69, 9.17) is 0 Å². The van der Waals surface area contributed by atoms with Gasteiger partial charge in [-0.15, -0.1) is 0 Å². The molecule has 27 heavy (non-hydrogen) atoms. The molecule has 3 amide bonds. The molecular formula is C20H22FN3O3. The number of halogens is 1. The molecule has 0 aliphatic carbocycles. The summed E-state index contributed by atoms with van der Waals surface area (Å²) in [4.78, 5) is 43.3. The average Bonchev–Trinajstić information content (AvgIpc) is 3.33. The van der Waals surface area contributed by atoms with Crippen LogP contribution < -0.4 is 5.32 Å². The topological polar surface area (TPSA) is 69.7 Å². The van der Waals surface area contributed by atoms with Crippen molar-refractivity contribution < 1.29 is 18.8 Å². The second-order valence-corrected chi connectivity index (χ2v) is 8.12. The highest BCUT2D eigenvalue weighted by molar-refractivity contribution is 6.15. The number of hydrogen-bond acceptors (Lipinski definition) is 4. The molecule has 0 radical (unpaired) electrons. The van der Waals surface area contributed by atoms with E-state index in [0.717, 1.165) is 12.8 Å². The third kappa shape index (κ3) is 1.81. The Morgan fingerprint density at radius 2 is 2.07 bits per heavy atom. The van der Waals surface area contributed by atoms with Crippen LogP contribution in [0.1, 0.15) is 38.7 Å². The minimum Gasteiger partial charge on any atom is -0.324 e. The molecule has 0 aromatic heterocycles. The van der Waals surface area contributed by atoms with Gasteiger partial charge in [0.2, 0.25) is 17.7 Å². The van der Waals surface area contributed by atoms with E-state index >= 15 is 0 Å². The molecule has 6 nitrogen and oxygen atoms in total. The monoisotopic (exact) mass is 371 g/mol. The normalized spacial score (nSPS) is 35.6. The van der Waals surface area contributed by atoms with Crippen molar-refractivity contribution in [3.63, 3.8) is 0 Å². The van der Waals surface area contributed by atoms with Gasteiger partial charge in [0.25, 0.3) is 0 Å². The fourth-order valence-electron chi connectivity index (χ4n) is 5.81. The molecule has 0 unspecified atom stereocenters. The molecule has 4 aliphatic heterocycles. The number of carbonyl (C=O) groups is 3. The van der Waals surface area contributed by atoms with E-state index < -0.39 is 23.2 Å². The maximum Gasteiger partial charge on any atom is 0.250 e. The van der Waals surface area contributed by atoms with Gasteiger partial charge in [-0.1, -0.05) is 6.92 Å². The van der Waals surface area contributed by atoms with Gasteiger partial charge in [-0.25, -0.2) is 4.39 Å². The Morgan fingerprint density at radius 1 is 1.30 bits per heavy atom. The Hall–Kier alpha value is -2.28. The van der Waals surface area contributed by atoms with E-state index in [9.17, 15) is 18.8 Å². The van der Waals surface area contributed by atoms with Crippen molar-refractivity contribution in [2.75, 3.05) is 11.9 Å². The first kappa shape index (κ1) is 16.9. The van der Waals surface area contributed by atoms with Crippen LogP contribution in [0.2, 0.25) is 0 Å². The van der Waals surface area contributed by atoms with Crippen LogP contribution in [0.4, 0.5) is 10.1 Å². The standard InChI is InChI=1S/C20H22FN3O3/c1-3-10(2)24-17(25)15-14-5-4-8-23(14)20(16(15)18(24)26)12-9-11(21)6-7-13(12)22-19(20)27/h6-7,9-10,14-16H,3-5,8H2,1-2H3,(H,22,27)/t10-,14+,15+,16-,20-/m0/s1. The highest BCUT2D eigenvalue weighted by atomic mass is 19.1. The lowest BCUT2D eigenvalue weighted by molar-refractivity contribution is -0.147. The highest BCUT2D eigenvalue weighted by Gasteiger charge is 2.74. The second-order valence-electron chi connectivity index (χ2n) is 8.12.